The van der Waals surface area contributed by atoms with Crippen LogP contribution in [0.5, 0.6) is 0 Å². The average molecular weight is 646 g/mol. The number of anilines is 2. The molecule has 2 aromatic rings. The van der Waals surface area contributed by atoms with Gasteiger partial charge in [-0.15, -0.1) is 0 Å². The van der Waals surface area contributed by atoms with E-state index in [-0.39, 0.29) is 12.4 Å². The lowest BCUT2D eigenvalue weighted by molar-refractivity contribution is -0.175. The van der Waals surface area contributed by atoms with Gasteiger partial charge in [0.1, 0.15) is 17.5 Å². The maximum absolute atomic E-state index is 13.4. The highest BCUT2D eigenvalue weighted by molar-refractivity contribution is 6.04. The van der Waals surface area contributed by atoms with Crippen molar-refractivity contribution >= 4 is 41.1 Å². The Morgan fingerprint density at radius 2 is 1.65 bits per heavy atom. The summed E-state index contributed by atoms with van der Waals surface area (Å²) in [6, 6.07) is 9.28. The number of hydrogen-bond donors (Lipinski definition) is 4. The molecule has 1 atom stereocenters. The van der Waals surface area contributed by atoms with Crippen molar-refractivity contribution in [3.63, 3.8) is 0 Å². The molecule has 0 aromatic heterocycles. The normalized spacial score (nSPS) is 11.8. The Balaban J connectivity index is 2.12. The number of ether oxygens (including phenoxy) is 2. The number of benzene rings is 2. The van der Waals surface area contributed by atoms with E-state index in [2.05, 4.69) is 27.2 Å². The van der Waals surface area contributed by atoms with Gasteiger partial charge in [-0.25, -0.2) is 4.79 Å². The van der Waals surface area contributed by atoms with Crippen molar-refractivity contribution in [1.29, 1.82) is 5.41 Å². The third-order valence-corrected chi connectivity index (χ3v) is 6.10. The van der Waals surface area contributed by atoms with Gasteiger partial charge >= 0.3 is 24.1 Å². The lowest BCUT2D eigenvalue weighted by Gasteiger charge is -2.31. The highest BCUT2D eigenvalue weighted by atomic mass is 19.4. The number of carbonyl (C=O) groups is 4. The number of rotatable bonds is 9. The lowest BCUT2D eigenvalue weighted by atomic mass is 10.1. The van der Waals surface area contributed by atoms with Gasteiger partial charge in [0.2, 0.25) is 5.91 Å². The Labute approximate surface area is 265 Å². The number of halogens is 3. The summed E-state index contributed by atoms with van der Waals surface area (Å²) in [5.74, 6) is 1.67. The molecule has 3 amide bonds. The zero-order chi connectivity index (χ0) is 34.8. The Bertz CT molecular complexity index is 1510. The fraction of sp³-hybridized carbons (Fsp3) is 0.406. The van der Waals surface area contributed by atoms with Gasteiger partial charge in [0, 0.05) is 28.5 Å². The number of carbonyl (C=O) groups excluding carboxylic acids is 4. The minimum Gasteiger partial charge on any atom is -0.469 e. The van der Waals surface area contributed by atoms with Gasteiger partial charge < -0.3 is 25.0 Å². The Hall–Kier alpha value is -5.06. The molecule has 0 heterocycles. The van der Waals surface area contributed by atoms with E-state index >= 15 is 0 Å². The quantitative estimate of drug-likeness (QED) is 0.134. The minimum absolute atomic E-state index is 0.109. The molecule has 0 spiro atoms. The van der Waals surface area contributed by atoms with Crippen molar-refractivity contribution in [1.82, 2.24) is 10.6 Å². The summed E-state index contributed by atoms with van der Waals surface area (Å²) in [6.45, 7) is 10.5. The molecule has 0 aliphatic carbocycles. The third-order valence-electron chi connectivity index (χ3n) is 6.10. The van der Waals surface area contributed by atoms with Crippen molar-refractivity contribution in [2.24, 2.45) is 0 Å². The molecule has 248 valence electrons. The molecule has 4 N–H and O–H groups in total. The SMILES string of the molecule is COC(=O)CC(NC(=O)C(F)(F)F)C(=O)N(c1ccc(C#CCNc2ccc(C(=N)NC(=O)OC(C)(C)C)cc2)c(C)c1)C(C)C. The van der Waals surface area contributed by atoms with Crippen LogP contribution >= 0.6 is 0 Å². The van der Waals surface area contributed by atoms with Gasteiger partial charge in [0.25, 0.3) is 0 Å². The number of alkyl halides is 3. The van der Waals surface area contributed by atoms with Gasteiger partial charge in [0.05, 0.1) is 20.1 Å². The van der Waals surface area contributed by atoms with Crippen LogP contribution in [0.15, 0.2) is 42.5 Å². The highest BCUT2D eigenvalue weighted by Gasteiger charge is 2.42. The number of nitrogens with zero attached hydrogens (tertiary/aromatic N) is 1. The van der Waals surface area contributed by atoms with Crippen LogP contribution in [0.2, 0.25) is 0 Å². The van der Waals surface area contributed by atoms with Crippen molar-refractivity contribution in [2.75, 3.05) is 23.9 Å². The van der Waals surface area contributed by atoms with Gasteiger partial charge in [-0.1, -0.05) is 11.8 Å². The number of hydrogen-bond acceptors (Lipinski definition) is 8. The lowest BCUT2D eigenvalue weighted by Crippen LogP contribution is -2.54. The number of amides is 3. The van der Waals surface area contributed by atoms with E-state index in [1.54, 1.807) is 89.3 Å². The predicted octanol–water partition coefficient (Wildman–Crippen LogP) is 4.66. The van der Waals surface area contributed by atoms with Crippen molar-refractivity contribution in [3.05, 3.63) is 59.2 Å². The molecule has 11 nitrogen and oxygen atoms in total. The first-order valence-corrected chi connectivity index (χ1v) is 14.1. The molecule has 0 saturated heterocycles. The van der Waals surface area contributed by atoms with Crippen LogP contribution in [0.4, 0.5) is 29.3 Å². The van der Waals surface area contributed by atoms with E-state index in [1.807, 2.05) is 0 Å². The van der Waals surface area contributed by atoms with Crippen LogP contribution in [0.25, 0.3) is 0 Å². The molecular weight excluding hydrogens is 607 g/mol. The molecule has 0 bridgehead atoms. The predicted molar refractivity (Wildman–Crippen MR) is 166 cm³/mol. The number of nitrogens with one attached hydrogen (secondary N) is 4. The van der Waals surface area contributed by atoms with Gasteiger partial charge in [0.15, 0.2) is 0 Å². The van der Waals surface area contributed by atoms with Crippen LogP contribution in [-0.4, -0.2) is 67.2 Å². The molecular formula is C32H38F3N5O6. The van der Waals surface area contributed by atoms with Crippen molar-refractivity contribution in [2.45, 2.75) is 71.8 Å². The maximum Gasteiger partial charge on any atom is 0.471 e. The molecule has 0 fully saturated rings. The van der Waals surface area contributed by atoms with E-state index in [1.165, 1.54) is 4.90 Å². The fourth-order valence-electron chi connectivity index (χ4n) is 3.99. The van der Waals surface area contributed by atoms with Crippen LogP contribution in [0.3, 0.4) is 0 Å². The van der Waals surface area contributed by atoms with Crippen molar-refractivity contribution < 1.29 is 41.8 Å². The van der Waals surface area contributed by atoms with E-state index in [0.29, 0.717) is 22.4 Å². The topological polar surface area (TPSA) is 150 Å². The second-order valence-corrected chi connectivity index (χ2v) is 11.3. The first-order chi connectivity index (χ1) is 21.3. The van der Waals surface area contributed by atoms with E-state index in [0.717, 1.165) is 12.8 Å². The van der Waals surface area contributed by atoms with Gasteiger partial charge in [-0.2, -0.15) is 13.2 Å². The van der Waals surface area contributed by atoms with Crippen LogP contribution in [0.1, 0.15) is 57.7 Å². The summed E-state index contributed by atoms with van der Waals surface area (Å²) in [5, 5.41) is 15.2. The van der Waals surface area contributed by atoms with Crippen molar-refractivity contribution in [3.8, 4) is 11.8 Å². The smallest absolute Gasteiger partial charge is 0.469 e. The molecule has 0 aliphatic rings. The summed E-state index contributed by atoms with van der Waals surface area (Å²) >= 11 is 0. The number of alkyl carbamates (subject to hydrolysis) is 1. The zero-order valence-electron chi connectivity index (χ0n) is 26.6. The summed E-state index contributed by atoms with van der Waals surface area (Å²) in [5.41, 5.74) is 2.16. The monoisotopic (exact) mass is 645 g/mol. The largest absolute Gasteiger partial charge is 0.471 e. The molecule has 0 aliphatic heterocycles. The molecule has 2 rings (SSSR count). The molecule has 0 saturated carbocycles. The highest BCUT2D eigenvalue weighted by Crippen LogP contribution is 2.24. The average Bonchev–Trinajstić information content (AvgIpc) is 2.94. The number of aryl methyl sites for hydroxylation is 1. The Morgan fingerprint density at radius 3 is 2.17 bits per heavy atom. The Morgan fingerprint density at radius 1 is 1.02 bits per heavy atom. The minimum atomic E-state index is -5.25. The molecule has 1 unspecified atom stereocenters. The van der Waals surface area contributed by atoms with Crippen LogP contribution < -0.4 is 20.9 Å². The molecule has 0 radical (unpaired) electrons. The van der Waals surface area contributed by atoms with E-state index in [9.17, 15) is 32.3 Å². The number of amidine groups is 1. The third kappa shape index (κ3) is 11.5. The van der Waals surface area contributed by atoms with Gasteiger partial charge in [-0.05, 0) is 89.6 Å². The fourth-order valence-corrected chi connectivity index (χ4v) is 3.99. The van der Waals surface area contributed by atoms with Gasteiger partial charge in [-0.3, -0.25) is 25.1 Å². The zero-order valence-corrected chi connectivity index (χ0v) is 26.6. The first-order valence-electron chi connectivity index (χ1n) is 14.1. The maximum atomic E-state index is 13.4. The molecule has 2 aromatic carbocycles. The first kappa shape index (κ1) is 37.1. The van der Waals surface area contributed by atoms with Crippen LogP contribution in [0, 0.1) is 24.2 Å². The Kier molecular flexibility index (Phi) is 12.7. The number of esters is 1. The van der Waals surface area contributed by atoms with E-state index in [4.69, 9.17) is 10.1 Å². The second-order valence-electron chi connectivity index (χ2n) is 11.3. The molecule has 46 heavy (non-hydrogen) atoms. The number of methoxy groups -OCH3 is 1. The molecule has 14 heteroatoms. The summed E-state index contributed by atoms with van der Waals surface area (Å²) in [6.07, 6.45) is -6.76. The summed E-state index contributed by atoms with van der Waals surface area (Å²) in [4.78, 5) is 49.9. The summed E-state index contributed by atoms with van der Waals surface area (Å²) in [7, 11) is 1.02. The summed E-state index contributed by atoms with van der Waals surface area (Å²) < 4.78 is 48.4. The standard InChI is InChI=1S/C32H38F3N5O6/c1-19(2)40(28(42)25(18-26(41)45-7)38-29(43)32(33,34)35)24-15-12-21(20(3)17-24)9-8-16-37-23-13-10-22(11-14-23)27(36)39-30(44)46-31(4,5)6/h10-15,17,19,25,37H,16,18H2,1-7H3,(H,38,43)(H2,36,39,44). The second kappa shape index (κ2) is 15.8. The van der Waals surface area contributed by atoms with Crippen LogP contribution in [-0.2, 0) is 23.9 Å². The van der Waals surface area contributed by atoms with E-state index < -0.39 is 54.2 Å².